The summed E-state index contributed by atoms with van der Waals surface area (Å²) in [5.41, 5.74) is 0.826. The first-order valence-electron chi connectivity index (χ1n) is 11.0. The van der Waals surface area contributed by atoms with E-state index in [9.17, 15) is 4.79 Å². The van der Waals surface area contributed by atoms with Crippen molar-refractivity contribution in [2.45, 2.75) is 26.4 Å². The van der Waals surface area contributed by atoms with Crippen molar-refractivity contribution in [2.24, 2.45) is 4.99 Å². The van der Waals surface area contributed by atoms with Crippen molar-refractivity contribution in [3.8, 4) is 17.2 Å². The lowest BCUT2D eigenvalue weighted by Crippen LogP contribution is -2.42. The summed E-state index contributed by atoms with van der Waals surface area (Å²) >= 11 is 0. The van der Waals surface area contributed by atoms with Crippen molar-refractivity contribution in [1.29, 1.82) is 0 Å². The number of hydrogen-bond donors (Lipinski definition) is 2. The molecule has 33 heavy (non-hydrogen) atoms. The maximum atomic E-state index is 12.3. The minimum atomic E-state index is -0.121. The third-order valence-corrected chi connectivity index (χ3v) is 4.91. The van der Waals surface area contributed by atoms with E-state index in [1.165, 1.54) is 0 Å². The van der Waals surface area contributed by atoms with Crippen LogP contribution in [0.4, 0.5) is 5.69 Å². The Balaban J connectivity index is 0.00000385. The van der Waals surface area contributed by atoms with Crippen LogP contribution in [0.1, 0.15) is 20.3 Å². The molecule has 0 radical (unpaired) electrons. The molecular weight excluding hydrogens is 535 g/mol. The highest BCUT2D eigenvalue weighted by Crippen LogP contribution is 2.31. The maximum Gasteiger partial charge on any atom is 0.265 e. The molecule has 0 fully saturated rings. The Morgan fingerprint density at radius 2 is 1.88 bits per heavy atom. The van der Waals surface area contributed by atoms with Gasteiger partial charge >= 0.3 is 0 Å². The predicted molar refractivity (Wildman–Crippen MR) is 141 cm³/mol. The molecule has 1 atom stereocenters. The van der Waals surface area contributed by atoms with Gasteiger partial charge in [-0.15, -0.1) is 24.0 Å². The molecule has 1 aliphatic heterocycles. The van der Waals surface area contributed by atoms with Crippen molar-refractivity contribution in [2.75, 3.05) is 44.8 Å². The molecule has 0 saturated carbocycles. The van der Waals surface area contributed by atoms with E-state index in [-0.39, 0.29) is 42.6 Å². The highest BCUT2D eigenvalue weighted by molar-refractivity contribution is 14.0. The predicted octanol–water partition coefficient (Wildman–Crippen LogP) is 3.45. The third-order valence-electron chi connectivity index (χ3n) is 4.91. The minimum absolute atomic E-state index is 0. The molecule has 1 aliphatic rings. The number of nitrogens with one attached hydrogen (secondary N) is 2. The number of halogens is 1. The van der Waals surface area contributed by atoms with Crippen LogP contribution < -0.4 is 29.7 Å². The maximum absolute atomic E-state index is 12.3. The van der Waals surface area contributed by atoms with Gasteiger partial charge in [0.2, 0.25) is 0 Å². The molecule has 0 saturated heterocycles. The van der Waals surface area contributed by atoms with E-state index in [1.54, 1.807) is 12.0 Å². The van der Waals surface area contributed by atoms with Gasteiger partial charge in [-0.2, -0.15) is 0 Å². The van der Waals surface area contributed by atoms with E-state index < -0.39 is 0 Å². The Morgan fingerprint density at radius 1 is 1.15 bits per heavy atom. The van der Waals surface area contributed by atoms with E-state index in [4.69, 9.17) is 14.2 Å². The first-order chi connectivity index (χ1) is 15.6. The summed E-state index contributed by atoms with van der Waals surface area (Å²) in [5.74, 6) is 2.85. The van der Waals surface area contributed by atoms with Gasteiger partial charge in [-0.1, -0.05) is 24.3 Å². The van der Waals surface area contributed by atoms with Crippen LogP contribution in [0.15, 0.2) is 53.5 Å². The van der Waals surface area contributed by atoms with Crippen molar-refractivity contribution in [1.82, 2.24) is 10.6 Å². The van der Waals surface area contributed by atoms with Gasteiger partial charge in [-0.05, 0) is 44.5 Å². The number of nitrogens with zero attached hydrogens (tertiary/aromatic N) is 2. The average Bonchev–Trinajstić information content (AvgIpc) is 2.81. The second-order valence-electron chi connectivity index (χ2n) is 7.38. The number of methoxy groups -OCH3 is 1. The van der Waals surface area contributed by atoms with Crippen LogP contribution in [-0.2, 0) is 4.79 Å². The number of benzene rings is 2. The molecule has 3 rings (SSSR count). The first kappa shape index (κ1) is 26.6. The molecule has 1 amide bonds. The molecule has 9 heteroatoms. The number of fused-ring (bicyclic) bond motifs is 1. The van der Waals surface area contributed by atoms with Crippen molar-refractivity contribution < 1.29 is 19.0 Å². The van der Waals surface area contributed by atoms with Crippen LogP contribution in [0, 0.1) is 0 Å². The Hall–Kier alpha value is -2.69. The molecule has 2 N–H and O–H groups in total. The molecule has 2 aromatic rings. The first-order valence-corrected chi connectivity index (χ1v) is 11.0. The van der Waals surface area contributed by atoms with E-state index in [1.807, 2.05) is 62.4 Å². The van der Waals surface area contributed by atoms with Gasteiger partial charge in [0.05, 0.1) is 19.3 Å². The van der Waals surface area contributed by atoms with Gasteiger partial charge in [0.1, 0.15) is 11.9 Å². The normalized spacial score (nSPS) is 13.8. The van der Waals surface area contributed by atoms with Crippen LogP contribution in [0.25, 0.3) is 0 Å². The molecule has 0 aromatic heterocycles. The van der Waals surface area contributed by atoms with Crippen molar-refractivity contribution in [3.05, 3.63) is 48.5 Å². The number of hydrogen-bond acceptors (Lipinski definition) is 5. The summed E-state index contributed by atoms with van der Waals surface area (Å²) in [7, 11) is 1.63. The molecule has 0 spiro atoms. The van der Waals surface area contributed by atoms with Crippen LogP contribution in [-0.4, -0.2) is 57.9 Å². The number of ether oxygens (including phenoxy) is 3. The summed E-state index contributed by atoms with van der Waals surface area (Å²) in [6.45, 7) is 6.61. The zero-order valence-electron chi connectivity index (χ0n) is 19.4. The fourth-order valence-electron chi connectivity index (χ4n) is 3.37. The van der Waals surface area contributed by atoms with Gasteiger partial charge in [-0.25, -0.2) is 4.99 Å². The Morgan fingerprint density at radius 3 is 2.64 bits per heavy atom. The quantitative estimate of drug-likeness (QED) is 0.198. The lowest BCUT2D eigenvalue weighted by atomic mass is 10.2. The second kappa shape index (κ2) is 13.8. The van der Waals surface area contributed by atoms with Crippen molar-refractivity contribution >= 4 is 41.5 Å². The number of carbonyl (C=O) groups is 1. The molecule has 180 valence electrons. The number of amides is 1. The van der Waals surface area contributed by atoms with Crippen molar-refractivity contribution in [3.63, 3.8) is 0 Å². The molecule has 8 nitrogen and oxygen atoms in total. The molecule has 2 aromatic carbocycles. The Kier molecular flexibility index (Phi) is 11.1. The number of guanidine groups is 1. The molecule has 0 aliphatic carbocycles. The summed E-state index contributed by atoms with van der Waals surface area (Å²) in [5, 5.41) is 6.58. The number of aliphatic imine (C=N–C) groups is 1. The Bertz CT molecular complexity index is 925. The number of anilines is 1. The van der Waals surface area contributed by atoms with E-state index in [0.717, 1.165) is 30.4 Å². The monoisotopic (exact) mass is 568 g/mol. The number of rotatable bonds is 10. The SMILES string of the molecule is CCNC(=NCC(C)Oc1ccccc1OC)NCCCN1C(=O)COc2ccccc21.I. The van der Waals surface area contributed by atoms with Gasteiger partial charge in [0, 0.05) is 19.6 Å². The third kappa shape index (κ3) is 7.69. The minimum Gasteiger partial charge on any atom is -0.493 e. The molecule has 1 unspecified atom stereocenters. The zero-order valence-corrected chi connectivity index (χ0v) is 21.7. The van der Waals surface area contributed by atoms with Crippen LogP contribution in [0.2, 0.25) is 0 Å². The fourth-order valence-corrected chi connectivity index (χ4v) is 3.37. The summed E-state index contributed by atoms with van der Waals surface area (Å²) in [6, 6.07) is 15.2. The Labute approximate surface area is 212 Å². The topological polar surface area (TPSA) is 84.4 Å². The van der Waals surface area contributed by atoms with Crippen LogP contribution >= 0.6 is 24.0 Å². The molecular formula is C24H33IN4O4. The smallest absolute Gasteiger partial charge is 0.265 e. The highest BCUT2D eigenvalue weighted by atomic mass is 127. The highest BCUT2D eigenvalue weighted by Gasteiger charge is 2.24. The lowest BCUT2D eigenvalue weighted by molar-refractivity contribution is -0.121. The zero-order chi connectivity index (χ0) is 22.8. The van der Waals surface area contributed by atoms with Gasteiger partial charge < -0.3 is 29.7 Å². The number of para-hydroxylation sites is 4. The molecule has 1 heterocycles. The van der Waals surface area contributed by atoms with E-state index in [2.05, 4.69) is 15.6 Å². The van der Waals surface area contributed by atoms with Crippen LogP contribution in [0.5, 0.6) is 17.2 Å². The number of carbonyl (C=O) groups excluding carboxylic acids is 1. The largest absolute Gasteiger partial charge is 0.493 e. The molecule has 0 bridgehead atoms. The summed E-state index contributed by atoms with van der Waals surface area (Å²) in [4.78, 5) is 18.7. The van der Waals surface area contributed by atoms with Gasteiger partial charge in [-0.3, -0.25) is 4.79 Å². The van der Waals surface area contributed by atoms with E-state index in [0.29, 0.717) is 31.1 Å². The fraction of sp³-hybridized carbons (Fsp3) is 0.417. The summed E-state index contributed by atoms with van der Waals surface area (Å²) in [6.07, 6.45) is 0.654. The average molecular weight is 568 g/mol. The van der Waals surface area contributed by atoms with E-state index >= 15 is 0 Å². The van der Waals surface area contributed by atoms with Gasteiger partial charge in [0.25, 0.3) is 5.91 Å². The second-order valence-corrected chi connectivity index (χ2v) is 7.38. The van der Waals surface area contributed by atoms with Crippen LogP contribution in [0.3, 0.4) is 0 Å². The lowest BCUT2D eigenvalue weighted by Gasteiger charge is -2.29. The van der Waals surface area contributed by atoms with Gasteiger partial charge in [0.15, 0.2) is 24.1 Å². The summed E-state index contributed by atoms with van der Waals surface area (Å²) < 4.78 is 16.8. The standard InChI is InChI=1S/C24H32N4O4.HI/c1-4-25-24(27-16-18(2)32-22-13-8-7-12-21(22)30-3)26-14-9-15-28-19-10-5-6-11-20(19)31-17-23(28)29;/h5-8,10-13,18H,4,9,14-17H2,1-3H3,(H2,25,26,27);1H.